The highest BCUT2D eigenvalue weighted by molar-refractivity contribution is 7.99. The van der Waals surface area contributed by atoms with E-state index in [-0.39, 0.29) is 10.6 Å². The molecule has 1 aliphatic heterocycles. The monoisotopic (exact) mass is 550 g/mol. The van der Waals surface area contributed by atoms with Gasteiger partial charge in [-0.25, -0.2) is 18.4 Å². The molecule has 1 aliphatic rings. The van der Waals surface area contributed by atoms with Gasteiger partial charge in [-0.3, -0.25) is 5.10 Å². The first-order valence-electron chi connectivity index (χ1n) is 12.5. The lowest BCUT2D eigenvalue weighted by Crippen LogP contribution is -2.31. The number of sulfone groups is 1. The van der Waals surface area contributed by atoms with Gasteiger partial charge in [0.25, 0.3) is 0 Å². The Balaban J connectivity index is 1.42. The Kier molecular flexibility index (Phi) is 7.85. The molecule has 1 fully saturated rings. The minimum absolute atomic E-state index is 0.0389. The molecule has 0 spiro atoms. The predicted octanol–water partition coefficient (Wildman–Crippen LogP) is 5.38. The Hall–Kier alpha value is -3.57. The van der Waals surface area contributed by atoms with Gasteiger partial charge in [-0.05, 0) is 67.8 Å². The number of ether oxygens (including phenoxy) is 1. The van der Waals surface area contributed by atoms with E-state index in [2.05, 4.69) is 20.4 Å². The number of nitrogens with one attached hydrogen (secondary N) is 2. The van der Waals surface area contributed by atoms with Crippen LogP contribution in [-0.2, 0) is 15.6 Å². The number of benzene rings is 2. The van der Waals surface area contributed by atoms with Crippen LogP contribution in [0.2, 0.25) is 0 Å². The molecular formula is C27H30N6O3S2. The maximum atomic E-state index is 12.9. The molecule has 1 saturated heterocycles. The molecule has 2 aromatic heterocycles. The molecule has 2 aromatic carbocycles. The second-order valence-corrected chi connectivity index (χ2v) is 12.2. The number of methoxy groups -OCH3 is 1. The maximum absolute atomic E-state index is 12.9. The number of aromatic amines is 1. The Labute approximate surface area is 227 Å². The fourth-order valence-electron chi connectivity index (χ4n) is 4.36. The smallest absolute Gasteiger partial charge is 0.204 e. The quantitative estimate of drug-likeness (QED) is 0.265. The molecule has 0 amide bonds. The average Bonchev–Trinajstić information content (AvgIpc) is 3.34. The Morgan fingerprint density at radius 3 is 2.42 bits per heavy atom. The van der Waals surface area contributed by atoms with Crippen molar-refractivity contribution >= 4 is 39.1 Å². The van der Waals surface area contributed by atoms with Crippen molar-refractivity contribution in [3.8, 4) is 5.75 Å². The lowest BCUT2D eigenvalue weighted by molar-refractivity contribution is 0.409. The second kappa shape index (κ2) is 11.4. The number of hydrogen-bond donors (Lipinski definition) is 2. The molecule has 0 atom stereocenters. The molecule has 0 unspecified atom stereocenters. The van der Waals surface area contributed by atoms with E-state index in [1.807, 2.05) is 43.3 Å². The third-order valence-corrected chi connectivity index (χ3v) is 8.81. The van der Waals surface area contributed by atoms with Crippen molar-refractivity contribution < 1.29 is 13.2 Å². The van der Waals surface area contributed by atoms with Gasteiger partial charge in [-0.1, -0.05) is 30.3 Å². The lowest BCUT2D eigenvalue weighted by atomic mass is 10.1. The predicted molar refractivity (Wildman–Crippen MR) is 149 cm³/mol. The summed E-state index contributed by atoms with van der Waals surface area (Å²) >= 11 is 1.37. The van der Waals surface area contributed by atoms with Gasteiger partial charge < -0.3 is 15.0 Å². The highest BCUT2D eigenvalue weighted by Gasteiger charge is 2.23. The number of aryl methyl sites for hydroxylation is 1. The largest absolute Gasteiger partial charge is 0.490 e. The number of piperidine rings is 1. The summed E-state index contributed by atoms with van der Waals surface area (Å²) in [5.41, 5.74) is 1.68. The topological polar surface area (TPSA) is 113 Å². The molecule has 0 radical (unpaired) electrons. The van der Waals surface area contributed by atoms with Crippen molar-refractivity contribution in [1.29, 1.82) is 0 Å². The highest BCUT2D eigenvalue weighted by atomic mass is 32.2. The molecular weight excluding hydrogens is 520 g/mol. The average molecular weight is 551 g/mol. The third-order valence-electron chi connectivity index (χ3n) is 6.23. The van der Waals surface area contributed by atoms with Gasteiger partial charge in [0.05, 0.1) is 17.8 Å². The van der Waals surface area contributed by atoms with Gasteiger partial charge >= 0.3 is 0 Å². The Morgan fingerprint density at radius 2 is 1.76 bits per heavy atom. The van der Waals surface area contributed by atoms with E-state index in [0.29, 0.717) is 22.5 Å². The van der Waals surface area contributed by atoms with Crippen LogP contribution in [-0.4, -0.2) is 48.8 Å². The van der Waals surface area contributed by atoms with E-state index in [0.717, 1.165) is 47.9 Å². The van der Waals surface area contributed by atoms with E-state index in [9.17, 15) is 8.42 Å². The van der Waals surface area contributed by atoms with E-state index >= 15 is 0 Å². The minimum atomic E-state index is -3.46. The SMILES string of the molecule is COc1c(Nc2cc(C)[nH]n2)nc(Sc2ccc(S(=O)(=O)Cc3ccccc3)cc2)nc1N1CCCCC1. The van der Waals surface area contributed by atoms with Gasteiger partial charge in [0.1, 0.15) is 0 Å². The molecule has 198 valence electrons. The van der Waals surface area contributed by atoms with Gasteiger partial charge in [-0.15, -0.1) is 0 Å². The van der Waals surface area contributed by atoms with E-state index in [4.69, 9.17) is 14.7 Å². The number of anilines is 3. The molecule has 2 N–H and O–H groups in total. The zero-order valence-electron chi connectivity index (χ0n) is 21.3. The zero-order chi connectivity index (χ0) is 26.5. The molecule has 0 bridgehead atoms. The summed E-state index contributed by atoms with van der Waals surface area (Å²) in [6, 6.07) is 17.9. The number of nitrogens with zero attached hydrogens (tertiary/aromatic N) is 4. The van der Waals surface area contributed by atoms with Gasteiger partial charge in [-0.2, -0.15) is 5.10 Å². The first-order chi connectivity index (χ1) is 18.4. The van der Waals surface area contributed by atoms with Crippen LogP contribution in [0.4, 0.5) is 17.5 Å². The summed E-state index contributed by atoms with van der Waals surface area (Å²) in [4.78, 5) is 13.0. The van der Waals surface area contributed by atoms with E-state index in [1.54, 1.807) is 31.4 Å². The van der Waals surface area contributed by atoms with Crippen molar-refractivity contribution in [3.05, 3.63) is 71.9 Å². The van der Waals surface area contributed by atoms with Gasteiger partial charge in [0, 0.05) is 29.7 Å². The summed E-state index contributed by atoms with van der Waals surface area (Å²) in [7, 11) is -1.84. The molecule has 9 nitrogen and oxygen atoms in total. The van der Waals surface area contributed by atoms with Crippen LogP contribution in [0, 0.1) is 6.92 Å². The first kappa shape index (κ1) is 26.1. The summed E-state index contributed by atoms with van der Waals surface area (Å²) < 4.78 is 31.6. The second-order valence-electron chi connectivity index (χ2n) is 9.14. The minimum Gasteiger partial charge on any atom is -0.490 e. The molecule has 4 aromatic rings. The highest BCUT2D eigenvalue weighted by Crippen LogP contribution is 2.39. The normalized spacial score (nSPS) is 13.9. The number of rotatable bonds is 9. The molecule has 3 heterocycles. The first-order valence-corrected chi connectivity index (χ1v) is 14.9. The summed E-state index contributed by atoms with van der Waals surface area (Å²) in [5.74, 6) is 2.43. The number of aromatic nitrogens is 4. The zero-order valence-corrected chi connectivity index (χ0v) is 23.0. The van der Waals surface area contributed by atoms with Gasteiger partial charge in [0.2, 0.25) is 5.75 Å². The summed E-state index contributed by atoms with van der Waals surface area (Å²) in [6.07, 6.45) is 3.38. The maximum Gasteiger partial charge on any atom is 0.204 e. The van der Waals surface area contributed by atoms with E-state index in [1.165, 1.54) is 18.2 Å². The third kappa shape index (κ3) is 6.11. The molecule has 0 saturated carbocycles. The van der Waals surface area contributed by atoms with Crippen LogP contribution in [0.15, 0.2) is 75.6 Å². The lowest BCUT2D eigenvalue weighted by Gasteiger charge is -2.29. The van der Waals surface area contributed by atoms with Crippen LogP contribution in [0.5, 0.6) is 5.75 Å². The van der Waals surface area contributed by atoms with Crippen LogP contribution < -0.4 is 15.0 Å². The summed E-state index contributed by atoms with van der Waals surface area (Å²) in [5, 5.41) is 11.0. The fraction of sp³-hybridized carbons (Fsp3) is 0.296. The van der Waals surface area contributed by atoms with Crippen LogP contribution in [0.25, 0.3) is 0 Å². The summed E-state index contributed by atoms with van der Waals surface area (Å²) in [6.45, 7) is 3.72. The number of hydrogen-bond acceptors (Lipinski definition) is 9. The van der Waals surface area contributed by atoms with Crippen molar-refractivity contribution in [3.63, 3.8) is 0 Å². The molecule has 11 heteroatoms. The van der Waals surface area contributed by atoms with Crippen LogP contribution >= 0.6 is 11.8 Å². The molecule has 0 aliphatic carbocycles. The van der Waals surface area contributed by atoms with Crippen LogP contribution in [0.1, 0.15) is 30.5 Å². The van der Waals surface area contributed by atoms with Crippen molar-refractivity contribution in [1.82, 2.24) is 20.2 Å². The van der Waals surface area contributed by atoms with Crippen molar-refractivity contribution in [2.24, 2.45) is 0 Å². The fourth-order valence-corrected chi connectivity index (χ4v) is 6.46. The Morgan fingerprint density at radius 1 is 1.03 bits per heavy atom. The van der Waals surface area contributed by atoms with Crippen LogP contribution in [0.3, 0.4) is 0 Å². The standard InChI is InChI=1S/C27H30N6O3S2/c1-19-17-23(32-31-19)28-25-24(36-2)26(33-15-7-4-8-16-33)30-27(29-25)37-21-11-13-22(14-12-21)38(34,35)18-20-9-5-3-6-10-20/h3,5-6,9-14,17H,4,7-8,15-16,18H2,1-2H3,(H2,28,29,30,31,32). The molecule has 38 heavy (non-hydrogen) atoms. The van der Waals surface area contributed by atoms with Crippen molar-refractivity contribution in [2.45, 2.75) is 46.9 Å². The van der Waals surface area contributed by atoms with Gasteiger partial charge in [0.15, 0.2) is 32.4 Å². The van der Waals surface area contributed by atoms with Crippen molar-refractivity contribution in [2.75, 3.05) is 30.4 Å². The Bertz CT molecular complexity index is 1490. The van der Waals surface area contributed by atoms with E-state index < -0.39 is 9.84 Å². The molecule has 5 rings (SSSR count). The number of H-pyrrole nitrogens is 1.